The van der Waals surface area contributed by atoms with E-state index in [1.54, 1.807) is 6.92 Å². The van der Waals surface area contributed by atoms with Crippen LogP contribution in [0.5, 0.6) is 0 Å². The molecule has 104 valence electrons. The summed E-state index contributed by atoms with van der Waals surface area (Å²) in [5, 5.41) is 0. The summed E-state index contributed by atoms with van der Waals surface area (Å²) in [5.41, 5.74) is -1.47. The fourth-order valence-corrected chi connectivity index (χ4v) is 1.88. The Balaban J connectivity index is 2.61. The summed E-state index contributed by atoms with van der Waals surface area (Å²) >= 11 is 0. The number of aryl methyl sites for hydroxylation is 1. The number of carbonyl (C=O) groups is 1. The molecule has 0 aromatic heterocycles. The summed E-state index contributed by atoms with van der Waals surface area (Å²) in [6.07, 6.45) is -4.66. The Hall–Kier alpha value is -2.17. The van der Waals surface area contributed by atoms with E-state index in [9.17, 15) is 22.4 Å². The van der Waals surface area contributed by atoms with Gasteiger partial charge in [-0.3, -0.25) is 4.79 Å². The number of hydrogen-bond acceptors (Lipinski definition) is 1. The molecule has 0 fully saturated rings. The lowest BCUT2D eigenvalue weighted by Gasteiger charge is -2.13. The number of carbonyl (C=O) groups excluding carboxylic acids is 1. The van der Waals surface area contributed by atoms with Crippen molar-refractivity contribution in [1.82, 2.24) is 0 Å². The van der Waals surface area contributed by atoms with E-state index >= 15 is 0 Å². The fourth-order valence-electron chi connectivity index (χ4n) is 1.88. The number of alkyl halides is 3. The lowest BCUT2D eigenvalue weighted by molar-refractivity contribution is -0.137. The maximum Gasteiger partial charge on any atom is 0.417 e. The van der Waals surface area contributed by atoms with E-state index in [1.807, 2.05) is 0 Å². The summed E-state index contributed by atoms with van der Waals surface area (Å²) in [5.74, 6) is -1.81. The standard InChI is InChI=1S/C15H10F4O/c1-9-6-7-12(15(17,18)19)11(8-9)14(20)10-4-2-3-5-13(10)16/h2-8H,1H3. The lowest BCUT2D eigenvalue weighted by Crippen LogP contribution is -2.15. The van der Waals surface area contributed by atoms with Crippen molar-refractivity contribution in [3.05, 3.63) is 70.5 Å². The molecule has 0 bridgehead atoms. The monoisotopic (exact) mass is 282 g/mol. The van der Waals surface area contributed by atoms with E-state index in [1.165, 1.54) is 24.3 Å². The molecule has 2 rings (SSSR count). The normalized spacial score (nSPS) is 11.4. The van der Waals surface area contributed by atoms with Crippen LogP contribution in [0.1, 0.15) is 27.0 Å². The van der Waals surface area contributed by atoms with Gasteiger partial charge < -0.3 is 0 Å². The predicted octanol–water partition coefficient (Wildman–Crippen LogP) is 4.38. The van der Waals surface area contributed by atoms with Crippen LogP contribution in [0.3, 0.4) is 0 Å². The van der Waals surface area contributed by atoms with Crippen molar-refractivity contribution < 1.29 is 22.4 Å². The summed E-state index contributed by atoms with van der Waals surface area (Å²) < 4.78 is 52.3. The molecule has 0 aliphatic rings. The minimum atomic E-state index is -4.66. The van der Waals surface area contributed by atoms with Gasteiger partial charge in [0.2, 0.25) is 0 Å². The van der Waals surface area contributed by atoms with Gasteiger partial charge >= 0.3 is 6.18 Å². The molecule has 0 aliphatic heterocycles. The molecule has 0 amide bonds. The van der Waals surface area contributed by atoms with Crippen molar-refractivity contribution in [2.45, 2.75) is 13.1 Å². The molecular weight excluding hydrogens is 272 g/mol. The van der Waals surface area contributed by atoms with E-state index in [4.69, 9.17) is 0 Å². The molecule has 1 nitrogen and oxygen atoms in total. The zero-order valence-electron chi connectivity index (χ0n) is 10.5. The van der Waals surface area contributed by atoms with E-state index in [0.29, 0.717) is 5.56 Å². The van der Waals surface area contributed by atoms with E-state index in [2.05, 4.69) is 0 Å². The Labute approximate surface area is 112 Å². The first-order chi connectivity index (χ1) is 9.30. The highest BCUT2D eigenvalue weighted by molar-refractivity contribution is 6.10. The van der Waals surface area contributed by atoms with Gasteiger partial charge in [-0.25, -0.2) is 4.39 Å². The number of halogens is 4. The van der Waals surface area contributed by atoms with Gasteiger partial charge in [-0.1, -0.05) is 23.8 Å². The van der Waals surface area contributed by atoms with Crippen molar-refractivity contribution in [1.29, 1.82) is 0 Å². The van der Waals surface area contributed by atoms with Gasteiger partial charge in [0, 0.05) is 5.56 Å². The van der Waals surface area contributed by atoms with Crippen LogP contribution in [0.15, 0.2) is 42.5 Å². The summed E-state index contributed by atoms with van der Waals surface area (Å²) in [4.78, 5) is 12.1. The Morgan fingerprint density at radius 3 is 2.25 bits per heavy atom. The minimum absolute atomic E-state index is 0.372. The van der Waals surface area contributed by atoms with Crippen LogP contribution in [-0.2, 0) is 6.18 Å². The molecule has 0 heterocycles. The molecule has 0 N–H and O–H groups in total. The Morgan fingerprint density at radius 1 is 1.00 bits per heavy atom. The minimum Gasteiger partial charge on any atom is -0.288 e. The van der Waals surface area contributed by atoms with Crippen LogP contribution in [0, 0.1) is 12.7 Å². The number of rotatable bonds is 2. The highest BCUT2D eigenvalue weighted by atomic mass is 19.4. The highest BCUT2D eigenvalue weighted by Crippen LogP contribution is 2.33. The number of benzene rings is 2. The average molecular weight is 282 g/mol. The summed E-state index contributed by atoms with van der Waals surface area (Å²) in [6.45, 7) is 1.57. The molecule has 0 spiro atoms. The molecule has 2 aromatic rings. The molecule has 0 saturated heterocycles. The summed E-state index contributed by atoms with van der Waals surface area (Å²) in [6, 6.07) is 8.20. The summed E-state index contributed by atoms with van der Waals surface area (Å²) in [7, 11) is 0. The second-order valence-corrected chi connectivity index (χ2v) is 4.36. The van der Waals surface area contributed by atoms with Gasteiger partial charge in [0.05, 0.1) is 11.1 Å². The first kappa shape index (κ1) is 14.2. The molecule has 0 unspecified atom stereocenters. The second-order valence-electron chi connectivity index (χ2n) is 4.36. The van der Waals surface area contributed by atoms with Crippen molar-refractivity contribution in [3.63, 3.8) is 0 Å². The van der Waals surface area contributed by atoms with Crippen molar-refractivity contribution >= 4 is 5.78 Å². The second kappa shape index (κ2) is 5.07. The molecule has 0 atom stereocenters. The van der Waals surface area contributed by atoms with Crippen molar-refractivity contribution in [3.8, 4) is 0 Å². The average Bonchev–Trinajstić information content (AvgIpc) is 2.37. The van der Waals surface area contributed by atoms with Gasteiger partial charge in [0.15, 0.2) is 5.78 Å². The number of ketones is 1. The van der Waals surface area contributed by atoms with E-state index in [0.717, 1.165) is 18.2 Å². The van der Waals surface area contributed by atoms with E-state index in [-0.39, 0.29) is 5.56 Å². The molecule has 20 heavy (non-hydrogen) atoms. The zero-order valence-corrected chi connectivity index (χ0v) is 10.5. The molecular formula is C15H10F4O. The lowest BCUT2D eigenvalue weighted by atomic mass is 9.96. The Morgan fingerprint density at radius 2 is 1.65 bits per heavy atom. The van der Waals surface area contributed by atoms with Crippen LogP contribution < -0.4 is 0 Å². The third-order valence-electron chi connectivity index (χ3n) is 2.84. The van der Waals surface area contributed by atoms with Gasteiger partial charge in [-0.15, -0.1) is 0 Å². The van der Waals surface area contributed by atoms with Crippen LogP contribution >= 0.6 is 0 Å². The van der Waals surface area contributed by atoms with Crippen LogP contribution in [-0.4, -0.2) is 5.78 Å². The van der Waals surface area contributed by atoms with Crippen LogP contribution in [0.4, 0.5) is 17.6 Å². The van der Waals surface area contributed by atoms with Crippen molar-refractivity contribution in [2.75, 3.05) is 0 Å². The van der Waals surface area contributed by atoms with Crippen LogP contribution in [0.2, 0.25) is 0 Å². The van der Waals surface area contributed by atoms with Crippen LogP contribution in [0.25, 0.3) is 0 Å². The Bertz CT molecular complexity index is 659. The first-order valence-corrected chi connectivity index (χ1v) is 5.78. The molecule has 0 saturated carbocycles. The predicted molar refractivity (Wildman–Crippen MR) is 66.0 cm³/mol. The maximum atomic E-state index is 13.6. The molecule has 2 aromatic carbocycles. The smallest absolute Gasteiger partial charge is 0.288 e. The Kier molecular flexibility index (Phi) is 3.61. The van der Waals surface area contributed by atoms with Gasteiger partial charge in [0.1, 0.15) is 5.82 Å². The maximum absolute atomic E-state index is 13.6. The van der Waals surface area contributed by atoms with Gasteiger partial charge in [-0.2, -0.15) is 13.2 Å². The third-order valence-corrected chi connectivity index (χ3v) is 2.84. The number of hydrogen-bond donors (Lipinski definition) is 0. The molecule has 5 heteroatoms. The zero-order chi connectivity index (χ0) is 14.9. The topological polar surface area (TPSA) is 17.1 Å². The van der Waals surface area contributed by atoms with Gasteiger partial charge in [-0.05, 0) is 31.2 Å². The van der Waals surface area contributed by atoms with E-state index < -0.39 is 28.9 Å². The molecule has 0 radical (unpaired) electrons. The highest BCUT2D eigenvalue weighted by Gasteiger charge is 2.35. The first-order valence-electron chi connectivity index (χ1n) is 5.78. The molecule has 0 aliphatic carbocycles. The third kappa shape index (κ3) is 2.71. The largest absolute Gasteiger partial charge is 0.417 e. The SMILES string of the molecule is Cc1ccc(C(F)(F)F)c(C(=O)c2ccccc2F)c1. The van der Waals surface area contributed by atoms with Gasteiger partial charge in [0.25, 0.3) is 0 Å². The quantitative estimate of drug-likeness (QED) is 0.590. The fraction of sp³-hybridized carbons (Fsp3) is 0.133. The van der Waals surface area contributed by atoms with Crippen molar-refractivity contribution in [2.24, 2.45) is 0 Å².